The summed E-state index contributed by atoms with van der Waals surface area (Å²) < 4.78 is 5.13. The zero-order valence-electron chi connectivity index (χ0n) is 12.0. The van der Waals surface area contributed by atoms with Crippen LogP contribution in [0.15, 0.2) is 18.3 Å². The molecule has 0 spiro atoms. The molecule has 1 aromatic heterocycles. The van der Waals surface area contributed by atoms with E-state index in [1.165, 1.54) is 7.11 Å². The van der Waals surface area contributed by atoms with Gasteiger partial charge in [-0.3, -0.25) is 9.69 Å². The number of aliphatic hydroxyl groups excluding tert-OH is 1. The average molecular weight is 279 g/mol. The van der Waals surface area contributed by atoms with Gasteiger partial charge in [-0.2, -0.15) is 0 Å². The molecular formula is C14H21N3O3. The molecule has 6 nitrogen and oxygen atoms in total. The lowest BCUT2D eigenvalue weighted by atomic mass is 10.2. The van der Waals surface area contributed by atoms with Crippen molar-refractivity contribution < 1.29 is 14.6 Å². The van der Waals surface area contributed by atoms with Crippen LogP contribution in [0.1, 0.15) is 17.3 Å². The number of amides is 1. The van der Waals surface area contributed by atoms with Gasteiger partial charge in [0.25, 0.3) is 5.91 Å². The maximum absolute atomic E-state index is 12.4. The predicted molar refractivity (Wildman–Crippen MR) is 74.8 cm³/mol. The van der Waals surface area contributed by atoms with Gasteiger partial charge in [0.2, 0.25) is 5.88 Å². The molecule has 0 radical (unpaired) electrons. The number of aromatic nitrogens is 1. The SMILES string of the molecule is COc1ncccc1C(=O)N1CCN(C[C@@H](C)O)CC1. The molecule has 110 valence electrons. The average Bonchev–Trinajstić information content (AvgIpc) is 2.46. The Morgan fingerprint density at radius 1 is 1.45 bits per heavy atom. The van der Waals surface area contributed by atoms with Crippen LogP contribution in [0.5, 0.6) is 5.88 Å². The highest BCUT2D eigenvalue weighted by atomic mass is 16.5. The van der Waals surface area contributed by atoms with Crippen LogP contribution in [0.25, 0.3) is 0 Å². The minimum Gasteiger partial charge on any atom is -0.480 e. The Hall–Kier alpha value is -1.66. The second kappa shape index (κ2) is 6.67. The Kier molecular flexibility index (Phi) is 4.92. The summed E-state index contributed by atoms with van der Waals surface area (Å²) in [5.74, 6) is 0.315. The lowest BCUT2D eigenvalue weighted by molar-refractivity contribution is 0.0551. The van der Waals surface area contributed by atoms with E-state index in [1.807, 2.05) is 0 Å². The summed E-state index contributed by atoms with van der Waals surface area (Å²) >= 11 is 0. The molecule has 1 saturated heterocycles. The number of pyridine rings is 1. The van der Waals surface area contributed by atoms with Gasteiger partial charge in [0.05, 0.1) is 13.2 Å². The highest BCUT2D eigenvalue weighted by Gasteiger charge is 2.24. The molecule has 0 unspecified atom stereocenters. The zero-order valence-corrected chi connectivity index (χ0v) is 12.0. The molecule has 0 bridgehead atoms. The summed E-state index contributed by atoms with van der Waals surface area (Å²) in [5.41, 5.74) is 0.499. The summed E-state index contributed by atoms with van der Waals surface area (Å²) in [7, 11) is 1.51. The first-order valence-electron chi connectivity index (χ1n) is 6.80. The third kappa shape index (κ3) is 3.46. The van der Waals surface area contributed by atoms with E-state index in [9.17, 15) is 9.90 Å². The van der Waals surface area contributed by atoms with Crippen molar-refractivity contribution in [1.29, 1.82) is 0 Å². The van der Waals surface area contributed by atoms with Crippen LogP contribution in [-0.4, -0.2) is 71.7 Å². The van der Waals surface area contributed by atoms with Crippen LogP contribution in [0.3, 0.4) is 0 Å². The number of β-amino-alcohol motifs (C(OH)–C–C–N with tert-alkyl or cyclic N) is 1. The summed E-state index contributed by atoms with van der Waals surface area (Å²) in [6.45, 7) is 5.29. The summed E-state index contributed by atoms with van der Waals surface area (Å²) in [4.78, 5) is 20.5. The first kappa shape index (κ1) is 14.7. The molecule has 20 heavy (non-hydrogen) atoms. The number of aliphatic hydroxyl groups is 1. The van der Waals surface area contributed by atoms with Crippen molar-refractivity contribution in [2.75, 3.05) is 39.8 Å². The number of rotatable bonds is 4. The number of ether oxygens (including phenoxy) is 1. The van der Waals surface area contributed by atoms with Gasteiger partial charge in [-0.15, -0.1) is 0 Å². The van der Waals surface area contributed by atoms with Gasteiger partial charge in [-0.1, -0.05) is 0 Å². The Balaban J connectivity index is 1.98. The molecule has 1 atom stereocenters. The van der Waals surface area contributed by atoms with Crippen LogP contribution < -0.4 is 4.74 Å². The fourth-order valence-electron chi connectivity index (χ4n) is 2.39. The van der Waals surface area contributed by atoms with E-state index in [-0.39, 0.29) is 12.0 Å². The van der Waals surface area contributed by atoms with Gasteiger partial charge in [-0.25, -0.2) is 4.98 Å². The van der Waals surface area contributed by atoms with Crippen molar-refractivity contribution in [3.63, 3.8) is 0 Å². The highest BCUT2D eigenvalue weighted by molar-refractivity contribution is 5.96. The molecule has 0 saturated carbocycles. The number of carbonyl (C=O) groups excluding carboxylic acids is 1. The van der Waals surface area contributed by atoms with Gasteiger partial charge in [0, 0.05) is 38.9 Å². The molecule has 2 rings (SSSR count). The number of methoxy groups -OCH3 is 1. The molecule has 1 aliphatic heterocycles. The molecule has 1 aromatic rings. The normalized spacial score (nSPS) is 17.9. The second-order valence-electron chi connectivity index (χ2n) is 5.00. The minimum absolute atomic E-state index is 0.0494. The quantitative estimate of drug-likeness (QED) is 0.854. The van der Waals surface area contributed by atoms with Crippen LogP contribution in [-0.2, 0) is 0 Å². The molecule has 1 aliphatic rings. The Labute approximate surface area is 119 Å². The Morgan fingerprint density at radius 2 is 2.15 bits per heavy atom. The van der Waals surface area contributed by atoms with Crippen molar-refractivity contribution in [2.24, 2.45) is 0 Å². The lowest BCUT2D eigenvalue weighted by Gasteiger charge is -2.35. The largest absolute Gasteiger partial charge is 0.480 e. The predicted octanol–water partition coefficient (Wildman–Crippen LogP) is 0.229. The van der Waals surface area contributed by atoms with Gasteiger partial charge in [0.1, 0.15) is 5.56 Å². The Bertz CT molecular complexity index is 457. The number of hydrogen-bond donors (Lipinski definition) is 1. The van der Waals surface area contributed by atoms with E-state index in [1.54, 1.807) is 30.2 Å². The zero-order chi connectivity index (χ0) is 14.5. The van der Waals surface area contributed by atoms with Crippen molar-refractivity contribution in [3.8, 4) is 5.88 Å². The number of hydrogen-bond acceptors (Lipinski definition) is 5. The van der Waals surface area contributed by atoms with E-state index < -0.39 is 0 Å². The lowest BCUT2D eigenvalue weighted by Crippen LogP contribution is -2.50. The second-order valence-corrected chi connectivity index (χ2v) is 5.00. The standard InChI is InChI=1S/C14H21N3O3/c1-11(18)10-16-6-8-17(9-7-16)14(19)12-4-3-5-15-13(12)20-2/h3-5,11,18H,6-10H2,1-2H3/t11-/m1/s1. The fraction of sp³-hybridized carbons (Fsp3) is 0.571. The first-order valence-corrected chi connectivity index (χ1v) is 6.80. The van der Waals surface area contributed by atoms with Gasteiger partial charge in [-0.05, 0) is 19.1 Å². The number of piperazine rings is 1. The molecule has 2 heterocycles. The first-order chi connectivity index (χ1) is 9.61. The van der Waals surface area contributed by atoms with E-state index in [0.717, 1.165) is 13.1 Å². The molecule has 1 amide bonds. The van der Waals surface area contributed by atoms with Crippen LogP contribution in [0.2, 0.25) is 0 Å². The van der Waals surface area contributed by atoms with Crippen molar-refractivity contribution >= 4 is 5.91 Å². The van der Waals surface area contributed by atoms with E-state index in [2.05, 4.69) is 9.88 Å². The fourth-order valence-corrected chi connectivity index (χ4v) is 2.39. The van der Waals surface area contributed by atoms with Crippen LogP contribution in [0, 0.1) is 0 Å². The van der Waals surface area contributed by atoms with Gasteiger partial charge in [0.15, 0.2) is 0 Å². The van der Waals surface area contributed by atoms with Crippen molar-refractivity contribution in [3.05, 3.63) is 23.9 Å². The topological polar surface area (TPSA) is 65.9 Å². The van der Waals surface area contributed by atoms with Gasteiger partial charge < -0.3 is 14.7 Å². The third-order valence-corrected chi connectivity index (χ3v) is 3.38. The van der Waals surface area contributed by atoms with E-state index in [0.29, 0.717) is 31.1 Å². The summed E-state index contributed by atoms with van der Waals surface area (Å²) in [6, 6.07) is 3.47. The molecule has 0 aromatic carbocycles. The molecule has 1 N–H and O–H groups in total. The summed E-state index contributed by atoms with van der Waals surface area (Å²) in [6.07, 6.45) is 1.27. The van der Waals surface area contributed by atoms with Crippen LogP contribution in [0.4, 0.5) is 0 Å². The van der Waals surface area contributed by atoms with Crippen molar-refractivity contribution in [2.45, 2.75) is 13.0 Å². The van der Waals surface area contributed by atoms with Crippen LogP contribution >= 0.6 is 0 Å². The number of nitrogens with zero attached hydrogens (tertiary/aromatic N) is 3. The van der Waals surface area contributed by atoms with Gasteiger partial charge >= 0.3 is 0 Å². The molecule has 1 fully saturated rings. The maximum Gasteiger partial charge on any atom is 0.259 e. The molecule has 0 aliphatic carbocycles. The molecular weight excluding hydrogens is 258 g/mol. The maximum atomic E-state index is 12.4. The van der Waals surface area contributed by atoms with E-state index >= 15 is 0 Å². The number of carbonyl (C=O) groups is 1. The third-order valence-electron chi connectivity index (χ3n) is 3.38. The van der Waals surface area contributed by atoms with E-state index in [4.69, 9.17) is 4.74 Å². The Morgan fingerprint density at radius 3 is 2.75 bits per heavy atom. The monoisotopic (exact) mass is 279 g/mol. The highest BCUT2D eigenvalue weighted by Crippen LogP contribution is 2.17. The molecule has 6 heteroatoms. The minimum atomic E-state index is -0.337. The summed E-state index contributed by atoms with van der Waals surface area (Å²) in [5, 5.41) is 9.38. The smallest absolute Gasteiger partial charge is 0.259 e. The van der Waals surface area contributed by atoms with Crippen molar-refractivity contribution in [1.82, 2.24) is 14.8 Å².